The van der Waals surface area contributed by atoms with Gasteiger partial charge in [-0.25, -0.2) is 4.79 Å². The number of carbonyl (C=O) groups excluding carboxylic acids is 2. The maximum atomic E-state index is 11.5. The standard InChI is InChI=1S/C12H19NO5/c1-5-6-9(14)13-8(11(16)17)7-10(15)18-12(2,3)4/h5,8H,1,6-7H2,2-4H3,(H,13,14)(H,16,17)/t8-/m0/s1. The molecule has 0 aromatic heterocycles. The second-order valence-electron chi connectivity index (χ2n) is 4.74. The molecule has 0 aliphatic rings. The highest BCUT2D eigenvalue weighted by Gasteiger charge is 2.26. The Morgan fingerprint density at radius 3 is 2.33 bits per heavy atom. The van der Waals surface area contributed by atoms with Crippen molar-refractivity contribution in [3.63, 3.8) is 0 Å². The van der Waals surface area contributed by atoms with E-state index >= 15 is 0 Å². The Balaban J connectivity index is 4.45. The summed E-state index contributed by atoms with van der Waals surface area (Å²) in [6, 6.07) is -1.28. The van der Waals surface area contributed by atoms with E-state index < -0.39 is 35.9 Å². The molecule has 0 heterocycles. The highest BCUT2D eigenvalue weighted by Crippen LogP contribution is 2.09. The first-order valence-electron chi connectivity index (χ1n) is 5.50. The fourth-order valence-corrected chi connectivity index (χ4v) is 1.13. The van der Waals surface area contributed by atoms with Gasteiger partial charge in [0.15, 0.2) is 0 Å². The molecule has 0 saturated carbocycles. The van der Waals surface area contributed by atoms with Crippen molar-refractivity contribution in [1.29, 1.82) is 0 Å². The normalized spacial score (nSPS) is 12.4. The van der Waals surface area contributed by atoms with Crippen molar-refractivity contribution in [3.05, 3.63) is 12.7 Å². The average molecular weight is 257 g/mol. The lowest BCUT2D eigenvalue weighted by molar-refractivity contribution is -0.158. The van der Waals surface area contributed by atoms with Crippen molar-refractivity contribution >= 4 is 17.8 Å². The molecule has 0 fully saturated rings. The molecule has 0 aromatic rings. The van der Waals surface area contributed by atoms with Crippen LogP contribution in [0, 0.1) is 0 Å². The number of nitrogens with one attached hydrogen (secondary N) is 1. The number of rotatable bonds is 6. The Morgan fingerprint density at radius 1 is 1.39 bits per heavy atom. The van der Waals surface area contributed by atoms with E-state index in [1.807, 2.05) is 0 Å². The lowest BCUT2D eigenvalue weighted by Crippen LogP contribution is -2.43. The van der Waals surface area contributed by atoms with Gasteiger partial charge in [0.05, 0.1) is 6.42 Å². The molecule has 0 aliphatic carbocycles. The molecule has 0 radical (unpaired) electrons. The van der Waals surface area contributed by atoms with Crippen LogP contribution in [0.2, 0.25) is 0 Å². The maximum absolute atomic E-state index is 11.5. The average Bonchev–Trinajstić information content (AvgIpc) is 2.13. The number of aliphatic carboxylic acids is 1. The van der Waals surface area contributed by atoms with Gasteiger partial charge >= 0.3 is 11.9 Å². The van der Waals surface area contributed by atoms with Gasteiger partial charge in [-0.3, -0.25) is 9.59 Å². The number of amides is 1. The van der Waals surface area contributed by atoms with Gasteiger partial charge in [0.1, 0.15) is 11.6 Å². The number of carboxylic acids is 1. The molecule has 102 valence electrons. The molecule has 0 aromatic carbocycles. The van der Waals surface area contributed by atoms with Gasteiger partial charge in [0, 0.05) is 6.42 Å². The number of carboxylic acid groups (broad SMARTS) is 1. The third-order valence-corrected chi connectivity index (χ3v) is 1.75. The van der Waals surface area contributed by atoms with Crippen molar-refractivity contribution in [3.8, 4) is 0 Å². The molecule has 18 heavy (non-hydrogen) atoms. The minimum Gasteiger partial charge on any atom is -0.480 e. The van der Waals surface area contributed by atoms with E-state index in [-0.39, 0.29) is 6.42 Å². The van der Waals surface area contributed by atoms with E-state index in [1.54, 1.807) is 20.8 Å². The molecular weight excluding hydrogens is 238 g/mol. The van der Waals surface area contributed by atoms with Gasteiger partial charge < -0.3 is 15.2 Å². The van der Waals surface area contributed by atoms with Gasteiger partial charge in [0.2, 0.25) is 5.91 Å². The molecule has 0 rings (SSSR count). The van der Waals surface area contributed by atoms with Crippen LogP contribution in [-0.4, -0.2) is 34.6 Å². The SMILES string of the molecule is C=CCC(=O)N[C@@H](CC(=O)OC(C)(C)C)C(=O)O. The van der Waals surface area contributed by atoms with E-state index in [2.05, 4.69) is 11.9 Å². The Morgan fingerprint density at radius 2 is 1.94 bits per heavy atom. The van der Waals surface area contributed by atoms with Crippen LogP contribution in [-0.2, 0) is 19.1 Å². The van der Waals surface area contributed by atoms with Gasteiger partial charge in [-0.05, 0) is 20.8 Å². The first-order valence-corrected chi connectivity index (χ1v) is 5.50. The molecule has 6 heteroatoms. The molecule has 1 amide bonds. The predicted molar refractivity (Wildman–Crippen MR) is 64.8 cm³/mol. The molecule has 1 atom stereocenters. The molecule has 0 spiro atoms. The van der Waals surface area contributed by atoms with Crippen LogP contribution in [0.4, 0.5) is 0 Å². The highest BCUT2D eigenvalue weighted by molar-refractivity contribution is 5.87. The Labute approximate surface area is 106 Å². The zero-order valence-corrected chi connectivity index (χ0v) is 10.9. The molecule has 0 bridgehead atoms. The van der Waals surface area contributed by atoms with E-state index in [4.69, 9.17) is 9.84 Å². The highest BCUT2D eigenvalue weighted by atomic mass is 16.6. The number of ether oxygens (including phenoxy) is 1. The largest absolute Gasteiger partial charge is 0.480 e. The Kier molecular flexibility index (Phi) is 6.08. The fraction of sp³-hybridized carbons (Fsp3) is 0.583. The number of hydrogen-bond donors (Lipinski definition) is 2. The van der Waals surface area contributed by atoms with Crippen LogP contribution in [0.15, 0.2) is 12.7 Å². The Hall–Kier alpha value is -1.85. The molecule has 6 nitrogen and oxygen atoms in total. The lowest BCUT2D eigenvalue weighted by atomic mass is 10.1. The topological polar surface area (TPSA) is 92.7 Å². The second kappa shape index (κ2) is 6.78. The molecular formula is C12H19NO5. The minimum atomic E-state index is -1.28. The summed E-state index contributed by atoms with van der Waals surface area (Å²) in [4.78, 5) is 33.6. The zero-order chi connectivity index (χ0) is 14.3. The van der Waals surface area contributed by atoms with Crippen molar-refractivity contribution < 1.29 is 24.2 Å². The number of carbonyl (C=O) groups is 3. The summed E-state index contributed by atoms with van der Waals surface area (Å²) in [5.74, 6) is -2.45. The summed E-state index contributed by atoms with van der Waals surface area (Å²) in [7, 11) is 0. The summed E-state index contributed by atoms with van der Waals surface area (Å²) in [6.45, 7) is 8.39. The summed E-state index contributed by atoms with van der Waals surface area (Å²) in [5.41, 5.74) is -0.689. The van der Waals surface area contributed by atoms with E-state index in [1.165, 1.54) is 6.08 Å². The number of hydrogen-bond acceptors (Lipinski definition) is 4. The van der Waals surface area contributed by atoms with Crippen LogP contribution in [0.3, 0.4) is 0 Å². The van der Waals surface area contributed by atoms with Crippen molar-refractivity contribution in [2.45, 2.75) is 45.3 Å². The van der Waals surface area contributed by atoms with Crippen molar-refractivity contribution in [1.82, 2.24) is 5.32 Å². The van der Waals surface area contributed by atoms with Gasteiger partial charge in [0.25, 0.3) is 0 Å². The van der Waals surface area contributed by atoms with Crippen LogP contribution in [0.1, 0.15) is 33.6 Å². The third-order valence-electron chi connectivity index (χ3n) is 1.75. The molecule has 0 saturated heterocycles. The quantitative estimate of drug-likeness (QED) is 0.544. The first kappa shape index (κ1) is 16.1. The summed E-state index contributed by atoms with van der Waals surface area (Å²) < 4.78 is 4.99. The minimum absolute atomic E-state index is 0.00189. The molecule has 0 unspecified atom stereocenters. The van der Waals surface area contributed by atoms with Crippen molar-refractivity contribution in [2.24, 2.45) is 0 Å². The van der Waals surface area contributed by atoms with Crippen LogP contribution >= 0.6 is 0 Å². The van der Waals surface area contributed by atoms with Crippen LogP contribution in [0.25, 0.3) is 0 Å². The van der Waals surface area contributed by atoms with Crippen LogP contribution < -0.4 is 5.32 Å². The van der Waals surface area contributed by atoms with E-state index in [9.17, 15) is 14.4 Å². The molecule has 0 aliphatic heterocycles. The summed E-state index contributed by atoms with van der Waals surface area (Å²) in [6.07, 6.45) is 0.940. The van der Waals surface area contributed by atoms with E-state index in [0.717, 1.165) is 0 Å². The van der Waals surface area contributed by atoms with Crippen molar-refractivity contribution in [2.75, 3.05) is 0 Å². The summed E-state index contributed by atoms with van der Waals surface area (Å²) in [5, 5.41) is 11.1. The molecule has 2 N–H and O–H groups in total. The lowest BCUT2D eigenvalue weighted by Gasteiger charge is -2.21. The summed E-state index contributed by atoms with van der Waals surface area (Å²) >= 11 is 0. The van der Waals surface area contributed by atoms with Gasteiger partial charge in [-0.1, -0.05) is 6.08 Å². The van der Waals surface area contributed by atoms with Gasteiger partial charge in [-0.2, -0.15) is 0 Å². The first-order chi connectivity index (χ1) is 8.15. The maximum Gasteiger partial charge on any atom is 0.326 e. The smallest absolute Gasteiger partial charge is 0.326 e. The predicted octanol–water partition coefficient (Wildman–Crippen LogP) is 0.864. The Bertz CT molecular complexity index is 343. The van der Waals surface area contributed by atoms with E-state index in [0.29, 0.717) is 0 Å². The fourth-order valence-electron chi connectivity index (χ4n) is 1.13. The third kappa shape index (κ3) is 7.43. The van der Waals surface area contributed by atoms with Crippen LogP contribution in [0.5, 0.6) is 0 Å². The second-order valence-corrected chi connectivity index (χ2v) is 4.74. The van der Waals surface area contributed by atoms with Gasteiger partial charge in [-0.15, -0.1) is 6.58 Å². The zero-order valence-electron chi connectivity index (χ0n) is 10.9. The number of esters is 1. The monoisotopic (exact) mass is 257 g/mol.